The topological polar surface area (TPSA) is 121 Å². The van der Waals surface area contributed by atoms with E-state index in [0.717, 1.165) is 11.0 Å². The first-order chi connectivity index (χ1) is 15.5. The highest BCUT2D eigenvalue weighted by Crippen LogP contribution is 2.38. The van der Waals surface area contributed by atoms with Gasteiger partial charge in [0.05, 0.1) is 39.0 Å². The van der Waals surface area contributed by atoms with Crippen LogP contribution in [0.1, 0.15) is 16.8 Å². The Labute approximate surface area is 184 Å². The molecule has 0 spiro atoms. The fraction of sp³-hybridized carbons (Fsp3) is 0.318. The minimum atomic E-state index is -0.586. The zero-order valence-corrected chi connectivity index (χ0v) is 18.1. The Balaban J connectivity index is 1.49. The van der Waals surface area contributed by atoms with Gasteiger partial charge in [0.2, 0.25) is 5.75 Å². The highest BCUT2D eigenvalue weighted by molar-refractivity contribution is 5.97. The summed E-state index contributed by atoms with van der Waals surface area (Å²) in [5, 5.41) is 2.50. The number of benzene rings is 2. The lowest BCUT2D eigenvalue weighted by Gasteiger charge is -2.14. The van der Waals surface area contributed by atoms with Crippen LogP contribution in [0, 0.1) is 0 Å². The molecule has 0 bridgehead atoms. The van der Waals surface area contributed by atoms with Crippen molar-refractivity contribution < 1.29 is 28.5 Å². The first-order valence-corrected chi connectivity index (χ1v) is 9.89. The van der Waals surface area contributed by atoms with Crippen molar-refractivity contribution in [1.29, 1.82) is 0 Å². The van der Waals surface area contributed by atoms with E-state index < -0.39 is 11.9 Å². The molecular weight excluding hydrogens is 418 g/mol. The number of carbonyl (C=O) groups excluding carboxylic acids is 2. The zero-order chi connectivity index (χ0) is 23.1. The third-order valence-electron chi connectivity index (χ3n) is 4.79. The van der Waals surface area contributed by atoms with E-state index in [1.54, 1.807) is 4.57 Å². The number of fused-ring (bicyclic) bond motifs is 1. The Morgan fingerprint density at radius 2 is 1.72 bits per heavy atom. The molecule has 0 aliphatic rings. The van der Waals surface area contributed by atoms with E-state index in [1.807, 2.05) is 24.3 Å². The highest BCUT2D eigenvalue weighted by Gasteiger charge is 2.17. The fourth-order valence-corrected chi connectivity index (χ4v) is 3.26. The maximum atomic E-state index is 12.4. The maximum Gasteiger partial charge on any atom is 0.326 e. The van der Waals surface area contributed by atoms with Gasteiger partial charge in [-0.3, -0.25) is 14.2 Å². The average molecular weight is 443 g/mol. The van der Waals surface area contributed by atoms with Gasteiger partial charge in [-0.15, -0.1) is 0 Å². The summed E-state index contributed by atoms with van der Waals surface area (Å²) in [6.45, 7) is 0.210. The van der Waals surface area contributed by atoms with Crippen molar-refractivity contribution >= 4 is 22.9 Å². The molecular formula is C22H25N3O7. The number of nitrogens with zero attached hydrogens (tertiary/aromatic N) is 1. The number of hydrogen-bond donors (Lipinski definition) is 2. The van der Waals surface area contributed by atoms with E-state index in [9.17, 15) is 14.4 Å². The Bertz CT molecular complexity index is 1140. The number of hydrogen-bond acceptors (Lipinski definition) is 7. The fourth-order valence-electron chi connectivity index (χ4n) is 3.26. The van der Waals surface area contributed by atoms with E-state index in [0.29, 0.717) is 30.2 Å². The Morgan fingerprint density at radius 1 is 1.03 bits per heavy atom. The number of ether oxygens (including phenoxy) is 4. The normalized spacial score (nSPS) is 10.6. The zero-order valence-electron chi connectivity index (χ0n) is 18.1. The third-order valence-corrected chi connectivity index (χ3v) is 4.79. The van der Waals surface area contributed by atoms with Crippen LogP contribution in [0.15, 0.2) is 41.2 Å². The molecule has 1 heterocycles. The van der Waals surface area contributed by atoms with Crippen molar-refractivity contribution in [2.24, 2.45) is 0 Å². The monoisotopic (exact) mass is 443 g/mol. The number of H-pyrrole nitrogens is 1. The number of methoxy groups -OCH3 is 3. The van der Waals surface area contributed by atoms with Crippen molar-refractivity contribution in [3.63, 3.8) is 0 Å². The minimum Gasteiger partial charge on any atom is -0.493 e. The smallest absolute Gasteiger partial charge is 0.326 e. The van der Waals surface area contributed by atoms with E-state index in [-0.39, 0.29) is 24.4 Å². The number of rotatable bonds is 10. The average Bonchev–Trinajstić information content (AvgIpc) is 3.13. The second-order valence-corrected chi connectivity index (χ2v) is 6.77. The van der Waals surface area contributed by atoms with Crippen LogP contribution in [0.4, 0.5) is 0 Å². The Hall–Kier alpha value is -3.95. The Kier molecular flexibility index (Phi) is 7.37. The molecule has 0 fully saturated rings. The second-order valence-electron chi connectivity index (χ2n) is 6.77. The van der Waals surface area contributed by atoms with Gasteiger partial charge >= 0.3 is 11.7 Å². The van der Waals surface area contributed by atoms with Crippen LogP contribution in [0.2, 0.25) is 0 Å². The van der Waals surface area contributed by atoms with Crippen molar-refractivity contribution in [2.45, 2.75) is 13.0 Å². The van der Waals surface area contributed by atoms with Gasteiger partial charge in [-0.25, -0.2) is 4.79 Å². The van der Waals surface area contributed by atoms with E-state index in [1.165, 1.54) is 33.5 Å². The van der Waals surface area contributed by atoms with Crippen LogP contribution >= 0.6 is 0 Å². The number of para-hydroxylation sites is 2. The molecule has 1 amide bonds. The molecule has 0 saturated carbocycles. The molecule has 0 radical (unpaired) electrons. The SMILES string of the molecule is COc1cc(C(=O)NCC(=O)OCCCn2c(=O)[nH]c3ccccc32)cc(OC)c1OC. The lowest BCUT2D eigenvalue weighted by Crippen LogP contribution is -2.31. The molecule has 10 nitrogen and oxygen atoms in total. The number of esters is 1. The summed E-state index contributed by atoms with van der Waals surface area (Å²) in [6.07, 6.45) is 0.453. The lowest BCUT2D eigenvalue weighted by atomic mass is 10.1. The van der Waals surface area contributed by atoms with Gasteiger partial charge < -0.3 is 29.2 Å². The number of aryl methyl sites for hydroxylation is 1. The van der Waals surface area contributed by atoms with Crippen LogP contribution in [0.3, 0.4) is 0 Å². The summed E-state index contributed by atoms with van der Waals surface area (Å²) >= 11 is 0. The van der Waals surface area contributed by atoms with Gasteiger partial charge in [0.15, 0.2) is 11.5 Å². The van der Waals surface area contributed by atoms with E-state index in [2.05, 4.69) is 10.3 Å². The quantitative estimate of drug-likeness (QED) is 0.361. The largest absolute Gasteiger partial charge is 0.493 e. The molecule has 0 aliphatic carbocycles. The van der Waals surface area contributed by atoms with Crippen LogP contribution in [0.25, 0.3) is 11.0 Å². The Morgan fingerprint density at radius 3 is 2.38 bits per heavy atom. The summed E-state index contributed by atoms with van der Waals surface area (Å²) in [5.41, 5.74) is 1.58. The summed E-state index contributed by atoms with van der Waals surface area (Å²) in [7, 11) is 4.35. The molecule has 2 aromatic carbocycles. The highest BCUT2D eigenvalue weighted by atomic mass is 16.5. The van der Waals surface area contributed by atoms with Crippen LogP contribution in [0.5, 0.6) is 17.2 Å². The van der Waals surface area contributed by atoms with Crippen molar-refractivity contribution in [1.82, 2.24) is 14.9 Å². The van der Waals surface area contributed by atoms with Crippen molar-refractivity contribution in [2.75, 3.05) is 34.5 Å². The number of nitrogens with one attached hydrogen (secondary N) is 2. The van der Waals surface area contributed by atoms with Crippen molar-refractivity contribution in [3.05, 3.63) is 52.4 Å². The first-order valence-electron chi connectivity index (χ1n) is 9.89. The molecule has 3 aromatic rings. The lowest BCUT2D eigenvalue weighted by molar-refractivity contribution is -0.142. The van der Waals surface area contributed by atoms with Gasteiger partial charge in [-0.05, 0) is 30.7 Å². The number of aromatic amines is 1. The summed E-state index contributed by atoms with van der Waals surface area (Å²) < 4.78 is 22.4. The molecule has 10 heteroatoms. The molecule has 2 N–H and O–H groups in total. The molecule has 0 atom stereocenters. The predicted molar refractivity (Wildman–Crippen MR) is 117 cm³/mol. The minimum absolute atomic E-state index is 0.116. The molecule has 170 valence electrons. The molecule has 0 unspecified atom stereocenters. The van der Waals surface area contributed by atoms with E-state index in [4.69, 9.17) is 18.9 Å². The van der Waals surface area contributed by atoms with Gasteiger partial charge in [0.25, 0.3) is 5.91 Å². The third kappa shape index (κ3) is 5.02. The van der Waals surface area contributed by atoms with Gasteiger partial charge in [-0.1, -0.05) is 12.1 Å². The van der Waals surface area contributed by atoms with E-state index >= 15 is 0 Å². The number of carbonyl (C=O) groups is 2. The van der Waals surface area contributed by atoms with Crippen LogP contribution < -0.4 is 25.2 Å². The van der Waals surface area contributed by atoms with Crippen LogP contribution in [-0.2, 0) is 16.1 Å². The summed E-state index contributed by atoms with van der Waals surface area (Å²) in [6, 6.07) is 10.3. The summed E-state index contributed by atoms with van der Waals surface area (Å²) in [4.78, 5) is 39.2. The van der Waals surface area contributed by atoms with Gasteiger partial charge in [0.1, 0.15) is 6.54 Å². The first kappa shape index (κ1) is 22.7. The molecule has 3 rings (SSSR count). The molecule has 1 aromatic heterocycles. The van der Waals surface area contributed by atoms with Gasteiger partial charge in [-0.2, -0.15) is 0 Å². The molecule has 0 aliphatic heterocycles. The maximum absolute atomic E-state index is 12.4. The van der Waals surface area contributed by atoms with Crippen molar-refractivity contribution in [3.8, 4) is 17.2 Å². The standard InChI is InChI=1S/C22H25N3O7/c1-29-17-11-14(12-18(30-2)20(17)31-3)21(27)23-13-19(26)32-10-6-9-25-16-8-5-4-7-15(16)24-22(25)28/h4-5,7-8,11-12H,6,9-10,13H2,1-3H3,(H,23,27)(H,24,28). The summed E-state index contributed by atoms with van der Waals surface area (Å²) in [5.74, 6) is -0.0666. The van der Waals surface area contributed by atoms with Gasteiger partial charge in [0, 0.05) is 12.1 Å². The van der Waals surface area contributed by atoms with Crippen LogP contribution in [-0.4, -0.2) is 55.9 Å². The number of imidazole rings is 1. The predicted octanol–water partition coefficient (Wildman–Crippen LogP) is 1.72. The molecule has 32 heavy (non-hydrogen) atoms. The number of amides is 1. The molecule has 0 saturated heterocycles. The number of aromatic nitrogens is 2. The second kappa shape index (κ2) is 10.4.